The van der Waals surface area contributed by atoms with Crippen molar-refractivity contribution in [2.75, 3.05) is 0 Å². The van der Waals surface area contributed by atoms with E-state index in [1.165, 1.54) is 90.1 Å². The molecule has 45 heavy (non-hydrogen) atoms. The molecule has 7 aromatic carbocycles. The second-order valence-electron chi connectivity index (χ2n) is 11.7. The average molecular weight is 608 g/mol. The summed E-state index contributed by atoms with van der Waals surface area (Å²) in [5, 5.41) is 7.94. The van der Waals surface area contributed by atoms with Gasteiger partial charge in [-0.2, -0.15) is 0 Å². The van der Waals surface area contributed by atoms with Gasteiger partial charge < -0.3 is 4.57 Å². The number of nitrogens with zero attached hydrogens (tertiary/aromatic N) is 1. The molecule has 210 valence electrons. The molecule has 3 aromatic heterocycles. The fraction of sp³-hybridized carbons (Fsp3) is 0. The van der Waals surface area contributed by atoms with Crippen LogP contribution in [0, 0.1) is 0 Å². The van der Waals surface area contributed by atoms with Crippen LogP contribution in [0.5, 0.6) is 0 Å². The SMILES string of the molecule is c1ccc(-n2c3ccccc3c3sc4cccc(-c5cccc(-c6cccc7sc8c9ccccc9ccc8c67)c5)c4c32)cc1. The molecule has 0 aliphatic carbocycles. The molecule has 0 N–H and O–H groups in total. The standard InChI is InChI=1S/C42H25NS2/c1-2-14-29(15-3-1)43-35-20-7-6-17-33(35)42-40(43)39-31(19-10-22-37(39)45-42)28-13-8-12-27(25-28)30-18-9-21-36-38(30)34-24-23-26-11-4-5-16-32(26)41(34)44-36/h1-25H. The highest BCUT2D eigenvalue weighted by Gasteiger charge is 2.20. The first kappa shape index (κ1) is 25.1. The van der Waals surface area contributed by atoms with E-state index in [4.69, 9.17) is 0 Å². The van der Waals surface area contributed by atoms with Gasteiger partial charge in [-0.3, -0.25) is 0 Å². The third-order valence-electron chi connectivity index (χ3n) is 9.19. The quantitative estimate of drug-likeness (QED) is 0.188. The van der Waals surface area contributed by atoms with Crippen molar-refractivity contribution in [3.05, 3.63) is 152 Å². The van der Waals surface area contributed by atoms with Crippen LogP contribution in [0.1, 0.15) is 0 Å². The van der Waals surface area contributed by atoms with E-state index in [1.807, 2.05) is 22.7 Å². The Balaban J connectivity index is 1.24. The third-order valence-corrected chi connectivity index (χ3v) is 11.6. The Labute approximate surface area is 267 Å². The largest absolute Gasteiger partial charge is 0.308 e. The summed E-state index contributed by atoms with van der Waals surface area (Å²) in [4.78, 5) is 0. The molecule has 10 aromatic rings. The Bertz CT molecular complexity index is 2760. The van der Waals surface area contributed by atoms with E-state index in [0.29, 0.717) is 0 Å². The minimum Gasteiger partial charge on any atom is -0.308 e. The molecule has 0 spiro atoms. The van der Waals surface area contributed by atoms with Crippen molar-refractivity contribution in [2.45, 2.75) is 0 Å². The summed E-state index contributed by atoms with van der Waals surface area (Å²) in [5.74, 6) is 0. The lowest BCUT2D eigenvalue weighted by Gasteiger charge is -2.11. The van der Waals surface area contributed by atoms with Gasteiger partial charge >= 0.3 is 0 Å². The lowest BCUT2D eigenvalue weighted by molar-refractivity contribution is 1.19. The maximum Gasteiger partial charge on any atom is 0.0734 e. The number of hydrogen-bond acceptors (Lipinski definition) is 2. The Kier molecular flexibility index (Phi) is 5.39. The number of aromatic nitrogens is 1. The molecule has 0 fully saturated rings. The first-order valence-corrected chi connectivity index (χ1v) is 16.9. The van der Waals surface area contributed by atoms with E-state index in [9.17, 15) is 0 Å². The first-order valence-electron chi connectivity index (χ1n) is 15.3. The highest BCUT2D eigenvalue weighted by molar-refractivity contribution is 7.27. The van der Waals surface area contributed by atoms with E-state index in [-0.39, 0.29) is 0 Å². The van der Waals surface area contributed by atoms with Crippen molar-refractivity contribution in [3.8, 4) is 27.9 Å². The van der Waals surface area contributed by atoms with Crippen LogP contribution in [0.2, 0.25) is 0 Å². The molecule has 0 radical (unpaired) electrons. The zero-order chi connectivity index (χ0) is 29.5. The zero-order valence-electron chi connectivity index (χ0n) is 24.2. The van der Waals surface area contributed by atoms with Gasteiger partial charge in [0.2, 0.25) is 0 Å². The van der Waals surface area contributed by atoms with Gasteiger partial charge in [-0.25, -0.2) is 0 Å². The lowest BCUT2D eigenvalue weighted by atomic mass is 9.94. The van der Waals surface area contributed by atoms with E-state index in [2.05, 4.69) is 156 Å². The van der Waals surface area contributed by atoms with Gasteiger partial charge in [0.1, 0.15) is 0 Å². The molecule has 0 amide bonds. The first-order chi connectivity index (χ1) is 22.3. The van der Waals surface area contributed by atoms with Crippen LogP contribution in [-0.4, -0.2) is 4.57 Å². The summed E-state index contributed by atoms with van der Waals surface area (Å²) in [7, 11) is 0. The van der Waals surface area contributed by atoms with Gasteiger partial charge in [-0.15, -0.1) is 22.7 Å². The second-order valence-corrected chi connectivity index (χ2v) is 13.8. The summed E-state index contributed by atoms with van der Waals surface area (Å²) in [6, 6.07) is 55.7. The van der Waals surface area contributed by atoms with Crippen LogP contribution in [0.15, 0.2) is 152 Å². The van der Waals surface area contributed by atoms with Crippen LogP contribution in [0.4, 0.5) is 0 Å². The molecule has 0 bridgehead atoms. The van der Waals surface area contributed by atoms with Gasteiger partial charge in [0.05, 0.1) is 15.7 Å². The predicted molar refractivity (Wildman–Crippen MR) is 197 cm³/mol. The van der Waals surface area contributed by atoms with Gasteiger partial charge in [0.15, 0.2) is 0 Å². The van der Waals surface area contributed by atoms with Gasteiger partial charge in [-0.05, 0) is 69.4 Å². The molecule has 0 atom stereocenters. The van der Waals surface area contributed by atoms with Crippen LogP contribution in [0.3, 0.4) is 0 Å². The molecule has 0 aliphatic heterocycles. The number of para-hydroxylation sites is 2. The minimum absolute atomic E-state index is 1.19. The molecule has 1 nitrogen and oxygen atoms in total. The molecule has 0 aliphatic rings. The maximum atomic E-state index is 2.46. The fourth-order valence-electron chi connectivity index (χ4n) is 7.24. The lowest BCUT2D eigenvalue weighted by Crippen LogP contribution is -1.93. The number of hydrogen-bond donors (Lipinski definition) is 0. The fourth-order valence-corrected chi connectivity index (χ4v) is 9.76. The Hall–Kier alpha value is -5.22. The smallest absolute Gasteiger partial charge is 0.0734 e. The summed E-state index contributed by atoms with van der Waals surface area (Å²) < 4.78 is 7.81. The van der Waals surface area contributed by atoms with E-state index in [1.54, 1.807) is 0 Å². The topological polar surface area (TPSA) is 4.93 Å². The molecule has 0 saturated carbocycles. The number of thiophene rings is 2. The molecule has 3 heterocycles. The van der Waals surface area contributed by atoms with Crippen LogP contribution >= 0.6 is 22.7 Å². The molecular formula is C42H25NS2. The summed E-state index contributed by atoms with van der Waals surface area (Å²) >= 11 is 3.81. The molecule has 10 rings (SSSR count). The maximum absolute atomic E-state index is 2.46. The summed E-state index contributed by atoms with van der Waals surface area (Å²) in [5.41, 5.74) is 8.78. The van der Waals surface area contributed by atoms with Crippen LogP contribution < -0.4 is 0 Å². The van der Waals surface area contributed by atoms with E-state index >= 15 is 0 Å². The van der Waals surface area contributed by atoms with Crippen molar-refractivity contribution < 1.29 is 0 Å². The highest BCUT2D eigenvalue weighted by atomic mass is 32.1. The van der Waals surface area contributed by atoms with E-state index < -0.39 is 0 Å². The second kappa shape index (κ2) is 9.64. The van der Waals surface area contributed by atoms with Crippen LogP contribution in [0.25, 0.3) is 90.1 Å². The Morgan fingerprint density at radius 1 is 0.422 bits per heavy atom. The molecule has 0 unspecified atom stereocenters. The normalized spacial score (nSPS) is 12.0. The van der Waals surface area contributed by atoms with Gasteiger partial charge in [0.25, 0.3) is 0 Å². The van der Waals surface area contributed by atoms with Crippen LogP contribution in [-0.2, 0) is 0 Å². The van der Waals surface area contributed by atoms with Crippen molar-refractivity contribution in [1.82, 2.24) is 4.57 Å². The van der Waals surface area contributed by atoms with Crippen molar-refractivity contribution >= 4 is 84.8 Å². The van der Waals surface area contributed by atoms with Crippen molar-refractivity contribution in [3.63, 3.8) is 0 Å². The van der Waals surface area contributed by atoms with Gasteiger partial charge in [-0.1, -0.05) is 115 Å². The minimum atomic E-state index is 1.19. The van der Waals surface area contributed by atoms with Crippen molar-refractivity contribution in [2.24, 2.45) is 0 Å². The highest BCUT2D eigenvalue weighted by Crippen LogP contribution is 2.47. The number of benzene rings is 7. The molecular weight excluding hydrogens is 583 g/mol. The number of fused-ring (bicyclic) bond motifs is 10. The van der Waals surface area contributed by atoms with Gasteiger partial charge in [0, 0.05) is 41.3 Å². The monoisotopic (exact) mass is 607 g/mol. The Morgan fingerprint density at radius 3 is 1.89 bits per heavy atom. The number of rotatable bonds is 3. The summed E-state index contributed by atoms with van der Waals surface area (Å²) in [6.07, 6.45) is 0. The summed E-state index contributed by atoms with van der Waals surface area (Å²) in [6.45, 7) is 0. The third kappa shape index (κ3) is 3.66. The molecule has 0 saturated heterocycles. The van der Waals surface area contributed by atoms with E-state index in [0.717, 1.165) is 0 Å². The average Bonchev–Trinajstić information content (AvgIpc) is 3.78. The zero-order valence-corrected chi connectivity index (χ0v) is 25.8. The molecule has 3 heteroatoms. The van der Waals surface area contributed by atoms with Crippen molar-refractivity contribution in [1.29, 1.82) is 0 Å². The Morgan fingerprint density at radius 2 is 1.07 bits per heavy atom. The predicted octanol–water partition coefficient (Wildman–Crippen LogP) is 12.9.